The summed E-state index contributed by atoms with van der Waals surface area (Å²) < 4.78 is 13.3. The number of amides is 1. The molecule has 1 aromatic carbocycles. The fourth-order valence-corrected chi connectivity index (χ4v) is 1.70. The number of anilines is 1. The van der Waals surface area contributed by atoms with Crippen LogP contribution >= 0.6 is 0 Å². The number of nitrogens with zero attached hydrogens (tertiary/aromatic N) is 1. The predicted molar refractivity (Wildman–Crippen MR) is 74.1 cm³/mol. The van der Waals surface area contributed by atoms with Gasteiger partial charge in [0.1, 0.15) is 5.82 Å². The van der Waals surface area contributed by atoms with Crippen LogP contribution in [0.15, 0.2) is 18.2 Å². The van der Waals surface area contributed by atoms with Crippen molar-refractivity contribution in [2.45, 2.75) is 19.8 Å². The van der Waals surface area contributed by atoms with E-state index in [1.165, 1.54) is 6.07 Å². The second-order valence-corrected chi connectivity index (χ2v) is 4.75. The quantitative estimate of drug-likeness (QED) is 0.801. The minimum Gasteiger partial charge on any atom is -0.481 e. The van der Waals surface area contributed by atoms with Gasteiger partial charge in [-0.15, -0.1) is 0 Å². The first kappa shape index (κ1) is 16.1. The van der Waals surface area contributed by atoms with Crippen LogP contribution in [0.4, 0.5) is 10.1 Å². The van der Waals surface area contributed by atoms with Gasteiger partial charge in [-0.25, -0.2) is 4.39 Å². The smallest absolute Gasteiger partial charge is 0.303 e. The van der Waals surface area contributed by atoms with Gasteiger partial charge in [0.05, 0.1) is 6.54 Å². The lowest BCUT2D eigenvalue weighted by Gasteiger charge is -2.15. The van der Waals surface area contributed by atoms with E-state index in [-0.39, 0.29) is 24.7 Å². The highest BCUT2D eigenvalue weighted by atomic mass is 19.1. The van der Waals surface area contributed by atoms with Crippen molar-refractivity contribution in [1.82, 2.24) is 4.90 Å². The lowest BCUT2D eigenvalue weighted by Crippen LogP contribution is -2.31. The van der Waals surface area contributed by atoms with Crippen molar-refractivity contribution >= 4 is 17.6 Å². The Morgan fingerprint density at radius 3 is 2.70 bits per heavy atom. The van der Waals surface area contributed by atoms with E-state index < -0.39 is 5.97 Å². The molecular weight excluding hydrogens is 263 g/mol. The van der Waals surface area contributed by atoms with Crippen molar-refractivity contribution in [3.63, 3.8) is 0 Å². The van der Waals surface area contributed by atoms with E-state index in [0.29, 0.717) is 24.2 Å². The van der Waals surface area contributed by atoms with Crippen molar-refractivity contribution in [3.05, 3.63) is 29.6 Å². The third-order valence-electron chi connectivity index (χ3n) is 2.80. The number of carboxylic acid groups (broad SMARTS) is 1. The Morgan fingerprint density at radius 1 is 1.40 bits per heavy atom. The lowest BCUT2D eigenvalue weighted by atomic mass is 10.2. The first-order valence-corrected chi connectivity index (χ1v) is 6.35. The summed E-state index contributed by atoms with van der Waals surface area (Å²) in [5, 5.41) is 11.1. The molecule has 0 unspecified atom stereocenters. The maximum absolute atomic E-state index is 13.3. The van der Waals surface area contributed by atoms with E-state index in [2.05, 4.69) is 5.32 Å². The van der Waals surface area contributed by atoms with Gasteiger partial charge in [0.15, 0.2) is 0 Å². The zero-order valence-electron chi connectivity index (χ0n) is 11.6. The number of carboxylic acids is 1. The average molecular weight is 282 g/mol. The molecule has 0 aliphatic heterocycles. The van der Waals surface area contributed by atoms with Crippen LogP contribution in [-0.2, 0) is 9.59 Å². The van der Waals surface area contributed by atoms with Crippen LogP contribution in [0.2, 0.25) is 0 Å². The fourth-order valence-electron chi connectivity index (χ4n) is 1.70. The Bertz CT molecular complexity index is 491. The molecular formula is C14H19FN2O3. The summed E-state index contributed by atoms with van der Waals surface area (Å²) in [7, 11) is 1.73. The molecule has 0 aromatic heterocycles. The normalized spacial score (nSPS) is 10.6. The highest BCUT2D eigenvalue weighted by molar-refractivity contribution is 5.92. The van der Waals surface area contributed by atoms with Gasteiger partial charge in [-0.1, -0.05) is 6.07 Å². The molecule has 6 heteroatoms. The monoisotopic (exact) mass is 282 g/mol. The molecule has 0 saturated heterocycles. The highest BCUT2D eigenvalue weighted by Gasteiger charge is 2.08. The first-order valence-electron chi connectivity index (χ1n) is 6.35. The molecule has 5 nitrogen and oxygen atoms in total. The fraction of sp³-hybridized carbons (Fsp3) is 0.429. The van der Waals surface area contributed by atoms with Crippen molar-refractivity contribution in [2.24, 2.45) is 0 Å². The topological polar surface area (TPSA) is 69.6 Å². The first-order chi connectivity index (χ1) is 9.38. The zero-order chi connectivity index (χ0) is 15.1. The number of benzene rings is 1. The molecule has 2 N–H and O–H groups in total. The average Bonchev–Trinajstić information content (AvgIpc) is 2.33. The Morgan fingerprint density at radius 2 is 2.10 bits per heavy atom. The molecule has 0 atom stereocenters. The molecule has 0 aliphatic carbocycles. The Balaban J connectivity index is 2.38. The van der Waals surface area contributed by atoms with E-state index in [1.807, 2.05) is 0 Å². The Hall–Kier alpha value is -1.95. The van der Waals surface area contributed by atoms with E-state index in [9.17, 15) is 14.0 Å². The predicted octanol–water partition coefficient (Wildman–Crippen LogP) is 1.87. The number of aliphatic carboxylic acids is 1. The highest BCUT2D eigenvalue weighted by Crippen LogP contribution is 2.13. The van der Waals surface area contributed by atoms with Gasteiger partial charge >= 0.3 is 5.97 Å². The Labute approximate surface area is 117 Å². The van der Waals surface area contributed by atoms with E-state index >= 15 is 0 Å². The molecule has 1 aromatic rings. The molecule has 0 radical (unpaired) electrons. The molecule has 0 saturated carbocycles. The second-order valence-electron chi connectivity index (χ2n) is 4.75. The van der Waals surface area contributed by atoms with Gasteiger partial charge in [-0.2, -0.15) is 0 Å². The SMILES string of the molecule is Cc1ccc(NC(=O)CN(C)CCCC(=O)O)cc1F. The molecule has 1 rings (SSSR count). The number of carbonyl (C=O) groups excluding carboxylic acids is 1. The van der Waals surface area contributed by atoms with Crippen LogP contribution < -0.4 is 5.32 Å². The van der Waals surface area contributed by atoms with Gasteiger partial charge in [-0.3, -0.25) is 14.5 Å². The number of likely N-dealkylation sites (N-methyl/N-ethyl adjacent to an activating group) is 1. The van der Waals surface area contributed by atoms with E-state index in [1.54, 1.807) is 31.0 Å². The number of aryl methyl sites for hydroxylation is 1. The van der Waals surface area contributed by atoms with Gasteiger partial charge in [0.25, 0.3) is 0 Å². The zero-order valence-corrected chi connectivity index (χ0v) is 11.6. The lowest BCUT2D eigenvalue weighted by molar-refractivity contribution is -0.137. The van der Waals surface area contributed by atoms with Crippen LogP contribution in [-0.4, -0.2) is 42.0 Å². The summed E-state index contributed by atoms with van der Waals surface area (Å²) in [6.07, 6.45) is 0.563. The maximum Gasteiger partial charge on any atom is 0.303 e. The Kier molecular flexibility index (Phi) is 6.11. The summed E-state index contributed by atoms with van der Waals surface area (Å²) in [6.45, 7) is 2.30. The summed E-state index contributed by atoms with van der Waals surface area (Å²) in [4.78, 5) is 23.8. The standard InChI is InChI=1S/C14H19FN2O3/c1-10-5-6-11(8-12(10)15)16-13(18)9-17(2)7-3-4-14(19)20/h5-6,8H,3-4,7,9H2,1-2H3,(H,16,18)(H,19,20). The van der Waals surface area contributed by atoms with Crippen LogP contribution in [0.5, 0.6) is 0 Å². The number of nitrogens with one attached hydrogen (secondary N) is 1. The van der Waals surface area contributed by atoms with Crippen molar-refractivity contribution in [3.8, 4) is 0 Å². The molecule has 20 heavy (non-hydrogen) atoms. The molecule has 1 amide bonds. The third kappa shape index (κ3) is 5.79. The van der Waals surface area contributed by atoms with Crippen molar-refractivity contribution < 1.29 is 19.1 Å². The number of carbonyl (C=O) groups is 2. The summed E-state index contributed by atoms with van der Waals surface area (Å²) in [6, 6.07) is 4.51. The van der Waals surface area contributed by atoms with Crippen LogP contribution in [0.25, 0.3) is 0 Å². The van der Waals surface area contributed by atoms with Crippen LogP contribution in [0, 0.1) is 12.7 Å². The van der Waals surface area contributed by atoms with Gasteiger partial charge in [0.2, 0.25) is 5.91 Å². The van der Waals surface area contributed by atoms with E-state index in [4.69, 9.17) is 5.11 Å². The molecule has 0 spiro atoms. The largest absolute Gasteiger partial charge is 0.481 e. The second kappa shape index (κ2) is 7.59. The number of halogens is 1. The minimum absolute atomic E-state index is 0.0785. The van der Waals surface area contributed by atoms with Crippen molar-refractivity contribution in [1.29, 1.82) is 0 Å². The number of hydrogen-bond acceptors (Lipinski definition) is 3. The third-order valence-corrected chi connectivity index (χ3v) is 2.80. The summed E-state index contributed by atoms with van der Waals surface area (Å²) in [5.41, 5.74) is 0.936. The minimum atomic E-state index is -0.849. The van der Waals surface area contributed by atoms with Gasteiger partial charge in [-0.05, 0) is 44.6 Å². The van der Waals surface area contributed by atoms with Gasteiger partial charge in [0, 0.05) is 12.1 Å². The molecule has 110 valence electrons. The molecule has 0 fully saturated rings. The molecule has 0 aliphatic rings. The molecule has 0 bridgehead atoms. The van der Waals surface area contributed by atoms with Crippen molar-refractivity contribution in [2.75, 3.05) is 25.5 Å². The number of rotatable bonds is 7. The summed E-state index contributed by atoms with van der Waals surface area (Å²) in [5.74, 6) is -1.47. The van der Waals surface area contributed by atoms with E-state index in [0.717, 1.165) is 0 Å². The summed E-state index contributed by atoms with van der Waals surface area (Å²) >= 11 is 0. The number of hydrogen-bond donors (Lipinski definition) is 2. The van der Waals surface area contributed by atoms with Crippen LogP contribution in [0.1, 0.15) is 18.4 Å². The maximum atomic E-state index is 13.3. The van der Waals surface area contributed by atoms with Gasteiger partial charge < -0.3 is 10.4 Å². The molecule has 0 heterocycles. The van der Waals surface area contributed by atoms with Crippen LogP contribution in [0.3, 0.4) is 0 Å².